The molecule has 2 atom stereocenters. The fraction of sp³-hybridized carbons (Fsp3) is 0.786. The number of hydrogen-bond acceptors (Lipinski definition) is 1. The molecule has 1 N–H and O–H groups in total. The minimum absolute atomic E-state index is 0.113. The van der Waals surface area contributed by atoms with Crippen LogP contribution in [0.3, 0.4) is 0 Å². The van der Waals surface area contributed by atoms with Gasteiger partial charge in [-0.1, -0.05) is 109 Å². The molecule has 1 aliphatic rings. The van der Waals surface area contributed by atoms with Crippen molar-refractivity contribution in [2.45, 2.75) is 129 Å². The molecule has 0 bridgehead atoms. The molecule has 0 aromatic heterocycles. The van der Waals surface area contributed by atoms with Crippen LogP contribution in [0.5, 0.6) is 0 Å². The second-order valence-electron chi connectivity index (χ2n) is 9.94. The number of hydrogen-bond donors (Lipinski definition) is 1. The first kappa shape index (κ1) is 24.4. The summed E-state index contributed by atoms with van der Waals surface area (Å²) < 4.78 is 0. The molecule has 0 spiro atoms. The van der Waals surface area contributed by atoms with Gasteiger partial charge in [-0.25, -0.2) is 0 Å². The lowest BCUT2D eigenvalue weighted by Gasteiger charge is -2.28. The van der Waals surface area contributed by atoms with Crippen molar-refractivity contribution in [3.05, 3.63) is 35.4 Å². The second-order valence-corrected chi connectivity index (χ2v) is 9.94. The Morgan fingerprint density at radius 3 is 2.03 bits per heavy atom. The van der Waals surface area contributed by atoms with Crippen molar-refractivity contribution in [2.24, 2.45) is 11.8 Å². The summed E-state index contributed by atoms with van der Waals surface area (Å²) >= 11 is 0. The molecule has 1 nitrogen and oxygen atoms in total. The molecule has 0 saturated heterocycles. The van der Waals surface area contributed by atoms with Crippen LogP contribution in [0.4, 0.5) is 0 Å². The van der Waals surface area contributed by atoms with Crippen molar-refractivity contribution in [1.82, 2.24) is 0 Å². The molecule has 0 aliphatic heterocycles. The lowest BCUT2D eigenvalue weighted by Crippen LogP contribution is -2.15. The summed E-state index contributed by atoms with van der Waals surface area (Å²) in [4.78, 5) is 0. The van der Waals surface area contributed by atoms with Crippen LogP contribution in [0.1, 0.15) is 128 Å². The largest absolute Gasteiger partial charge is 0.393 e. The average Bonchev–Trinajstić information content (AvgIpc) is 2.76. The molecular weight excluding hydrogens is 352 g/mol. The predicted molar refractivity (Wildman–Crippen MR) is 128 cm³/mol. The standard InChI is InChI=1S/C28H48O/c1-4-6-8-9-24-12-14-25(15-13-24)16-17-26-18-20-27(21-19-26)23(3)11-22-28(29)10-7-5-2/h18-21,23-25,28-29H,4-17,22H2,1-3H3. The molecule has 1 aromatic carbocycles. The van der Waals surface area contributed by atoms with Gasteiger partial charge in [0, 0.05) is 0 Å². The van der Waals surface area contributed by atoms with E-state index >= 15 is 0 Å². The molecule has 29 heavy (non-hydrogen) atoms. The topological polar surface area (TPSA) is 20.2 Å². The van der Waals surface area contributed by atoms with E-state index in [4.69, 9.17) is 0 Å². The maximum absolute atomic E-state index is 10.1. The van der Waals surface area contributed by atoms with Crippen molar-refractivity contribution in [3.63, 3.8) is 0 Å². The zero-order valence-electron chi connectivity index (χ0n) is 19.7. The highest BCUT2D eigenvalue weighted by atomic mass is 16.3. The van der Waals surface area contributed by atoms with Crippen LogP contribution in [0, 0.1) is 11.8 Å². The fourth-order valence-corrected chi connectivity index (χ4v) is 5.07. The van der Waals surface area contributed by atoms with Gasteiger partial charge in [0.05, 0.1) is 6.10 Å². The summed E-state index contributed by atoms with van der Waals surface area (Å²) in [6.45, 7) is 6.81. The number of benzene rings is 1. The molecule has 0 amide bonds. The van der Waals surface area contributed by atoms with Crippen molar-refractivity contribution >= 4 is 0 Å². The fourth-order valence-electron chi connectivity index (χ4n) is 5.07. The van der Waals surface area contributed by atoms with Crippen molar-refractivity contribution in [2.75, 3.05) is 0 Å². The lowest BCUT2D eigenvalue weighted by atomic mass is 9.77. The van der Waals surface area contributed by atoms with Crippen LogP contribution in [-0.2, 0) is 6.42 Å². The summed E-state index contributed by atoms with van der Waals surface area (Å²) in [7, 11) is 0. The Balaban J connectivity index is 1.65. The Labute approximate surface area is 181 Å². The number of aliphatic hydroxyl groups excluding tert-OH is 1. The summed E-state index contributed by atoms with van der Waals surface area (Å²) in [6.07, 6.45) is 19.4. The van der Waals surface area contributed by atoms with Gasteiger partial charge in [0.15, 0.2) is 0 Å². The Kier molecular flexibility index (Phi) is 12.0. The first-order chi connectivity index (χ1) is 14.1. The van der Waals surface area contributed by atoms with Gasteiger partial charge < -0.3 is 5.11 Å². The highest BCUT2D eigenvalue weighted by Gasteiger charge is 2.20. The summed E-state index contributed by atoms with van der Waals surface area (Å²) in [6, 6.07) is 9.39. The van der Waals surface area contributed by atoms with E-state index in [1.807, 2.05) is 0 Å². The van der Waals surface area contributed by atoms with Gasteiger partial charge >= 0.3 is 0 Å². The van der Waals surface area contributed by atoms with Gasteiger partial charge in [0.2, 0.25) is 0 Å². The lowest BCUT2D eigenvalue weighted by molar-refractivity contribution is 0.147. The Hall–Kier alpha value is -0.820. The summed E-state index contributed by atoms with van der Waals surface area (Å²) in [5, 5.41) is 10.1. The van der Waals surface area contributed by atoms with Gasteiger partial charge in [0.25, 0.3) is 0 Å². The van der Waals surface area contributed by atoms with Crippen LogP contribution in [-0.4, -0.2) is 11.2 Å². The van der Waals surface area contributed by atoms with E-state index in [1.165, 1.54) is 81.8 Å². The first-order valence-corrected chi connectivity index (χ1v) is 12.9. The summed E-state index contributed by atoms with van der Waals surface area (Å²) in [5.41, 5.74) is 2.94. The summed E-state index contributed by atoms with van der Waals surface area (Å²) in [5.74, 6) is 2.53. The van der Waals surface area contributed by atoms with Crippen LogP contribution < -0.4 is 0 Å². The number of aliphatic hydroxyl groups is 1. The molecular formula is C28H48O. The maximum atomic E-state index is 10.1. The smallest absolute Gasteiger partial charge is 0.0540 e. The second kappa shape index (κ2) is 14.2. The first-order valence-electron chi connectivity index (χ1n) is 12.9. The Morgan fingerprint density at radius 2 is 1.41 bits per heavy atom. The van der Waals surface area contributed by atoms with Gasteiger partial charge in [-0.05, 0) is 61.0 Å². The van der Waals surface area contributed by atoms with E-state index in [0.29, 0.717) is 5.92 Å². The van der Waals surface area contributed by atoms with E-state index in [2.05, 4.69) is 45.0 Å². The van der Waals surface area contributed by atoms with Gasteiger partial charge in [0.1, 0.15) is 0 Å². The molecule has 0 radical (unpaired) electrons. The third-order valence-electron chi connectivity index (χ3n) is 7.40. The highest BCUT2D eigenvalue weighted by Crippen LogP contribution is 2.34. The molecule has 2 rings (SSSR count). The zero-order chi connectivity index (χ0) is 20.9. The highest BCUT2D eigenvalue weighted by molar-refractivity contribution is 5.25. The third-order valence-corrected chi connectivity index (χ3v) is 7.40. The van der Waals surface area contributed by atoms with Crippen LogP contribution in [0.2, 0.25) is 0 Å². The normalized spacial score (nSPS) is 21.8. The van der Waals surface area contributed by atoms with E-state index in [1.54, 1.807) is 0 Å². The molecule has 1 fully saturated rings. The van der Waals surface area contributed by atoms with Crippen LogP contribution >= 0.6 is 0 Å². The molecule has 0 heterocycles. The SMILES string of the molecule is CCCCCC1CCC(CCc2ccc(C(C)CCC(O)CCCC)cc2)CC1. The van der Waals surface area contributed by atoms with Crippen molar-refractivity contribution in [1.29, 1.82) is 0 Å². The maximum Gasteiger partial charge on any atom is 0.0540 e. The minimum Gasteiger partial charge on any atom is -0.393 e. The zero-order valence-corrected chi connectivity index (χ0v) is 19.7. The number of aryl methyl sites for hydroxylation is 1. The van der Waals surface area contributed by atoms with E-state index in [0.717, 1.165) is 37.5 Å². The van der Waals surface area contributed by atoms with E-state index < -0.39 is 0 Å². The third kappa shape index (κ3) is 9.69. The van der Waals surface area contributed by atoms with Gasteiger partial charge in [-0.15, -0.1) is 0 Å². The van der Waals surface area contributed by atoms with Gasteiger partial charge in [-0.2, -0.15) is 0 Å². The molecule has 1 heteroatoms. The average molecular weight is 401 g/mol. The molecule has 1 saturated carbocycles. The van der Waals surface area contributed by atoms with Crippen molar-refractivity contribution < 1.29 is 5.11 Å². The monoisotopic (exact) mass is 400 g/mol. The minimum atomic E-state index is -0.113. The number of unbranched alkanes of at least 4 members (excludes halogenated alkanes) is 3. The van der Waals surface area contributed by atoms with E-state index in [-0.39, 0.29) is 6.10 Å². The molecule has 2 unspecified atom stereocenters. The Morgan fingerprint density at radius 1 is 0.793 bits per heavy atom. The van der Waals surface area contributed by atoms with Gasteiger partial charge in [-0.3, -0.25) is 0 Å². The Bertz CT molecular complexity index is 512. The molecule has 1 aliphatic carbocycles. The number of rotatable bonds is 14. The quantitative estimate of drug-likeness (QED) is 0.311. The predicted octanol–water partition coefficient (Wildman–Crippen LogP) is 8.44. The van der Waals surface area contributed by atoms with Crippen LogP contribution in [0.25, 0.3) is 0 Å². The molecule has 166 valence electrons. The van der Waals surface area contributed by atoms with E-state index in [9.17, 15) is 5.11 Å². The molecule has 1 aromatic rings. The van der Waals surface area contributed by atoms with Crippen molar-refractivity contribution in [3.8, 4) is 0 Å². The van der Waals surface area contributed by atoms with Crippen LogP contribution in [0.15, 0.2) is 24.3 Å².